The van der Waals surface area contributed by atoms with Crippen LogP contribution in [-0.4, -0.2) is 37.6 Å². The van der Waals surface area contributed by atoms with Crippen LogP contribution in [0.15, 0.2) is 35.5 Å². The number of primary sulfonamides is 1. The predicted molar refractivity (Wildman–Crippen MR) is 122 cm³/mol. The van der Waals surface area contributed by atoms with Crippen molar-refractivity contribution in [2.75, 3.05) is 0 Å². The van der Waals surface area contributed by atoms with Crippen molar-refractivity contribution < 1.29 is 8.42 Å². The molecule has 0 unspecified atom stereocenters. The highest BCUT2D eigenvalue weighted by molar-refractivity contribution is 7.89. The number of hydrogen-bond acceptors (Lipinski definition) is 6. The lowest BCUT2D eigenvalue weighted by Gasteiger charge is -2.05. The number of rotatable bonds is 3. The van der Waals surface area contributed by atoms with Crippen LogP contribution in [-0.2, 0) is 10.0 Å². The van der Waals surface area contributed by atoms with Gasteiger partial charge in [-0.2, -0.15) is 10.2 Å². The first kappa shape index (κ1) is 24.4. The zero-order valence-corrected chi connectivity index (χ0v) is 18.8. The molecule has 168 valence electrons. The summed E-state index contributed by atoms with van der Waals surface area (Å²) in [6.45, 7) is 11.8. The van der Waals surface area contributed by atoms with Crippen LogP contribution in [0.3, 0.4) is 0 Å². The Balaban J connectivity index is 0.000000220. The molecule has 0 aromatic carbocycles. The molecular weight excluding hydrogens is 414 g/mol. The van der Waals surface area contributed by atoms with Crippen molar-refractivity contribution >= 4 is 21.3 Å². The first-order chi connectivity index (χ1) is 14.0. The highest BCUT2D eigenvalue weighted by Crippen LogP contribution is 2.18. The largest absolute Gasteiger partial charge is 0.257 e. The van der Waals surface area contributed by atoms with Gasteiger partial charge in [0.1, 0.15) is 0 Å². The van der Waals surface area contributed by atoms with Gasteiger partial charge in [-0.25, -0.2) is 32.6 Å². The molecule has 31 heavy (non-hydrogen) atoms. The van der Waals surface area contributed by atoms with E-state index in [-0.39, 0.29) is 18.4 Å². The number of sulfonamides is 1. The van der Waals surface area contributed by atoms with Crippen molar-refractivity contribution in [3.05, 3.63) is 53.2 Å². The monoisotopic (exact) mass is 445 g/mol. The molecule has 4 aromatic rings. The van der Waals surface area contributed by atoms with Gasteiger partial charge in [-0.1, -0.05) is 35.1 Å². The van der Waals surface area contributed by atoms with E-state index in [0.29, 0.717) is 17.3 Å². The fraction of sp³-hybridized carbons (Fsp3) is 0.429. The minimum Gasteiger partial charge on any atom is -0.232 e. The number of aryl methyl sites for hydroxylation is 2. The molecule has 4 heterocycles. The summed E-state index contributed by atoms with van der Waals surface area (Å²) in [4.78, 5) is 8.44. The lowest BCUT2D eigenvalue weighted by molar-refractivity contribution is 0.587. The van der Waals surface area contributed by atoms with Gasteiger partial charge in [-0.3, -0.25) is 0 Å². The lowest BCUT2D eigenvalue weighted by atomic mass is 10.1. The fourth-order valence-corrected chi connectivity index (χ4v) is 3.83. The van der Waals surface area contributed by atoms with E-state index in [1.54, 1.807) is 13.0 Å². The van der Waals surface area contributed by atoms with Crippen molar-refractivity contribution in [2.24, 2.45) is 5.14 Å². The molecule has 0 atom stereocenters. The summed E-state index contributed by atoms with van der Waals surface area (Å²) in [5.41, 5.74) is 4.66. The van der Waals surface area contributed by atoms with Crippen molar-refractivity contribution in [3.63, 3.8) is 0 Å². The first-order valence-corrected chi connectivity index (χ1v) is 11.2. The van der Waals surface area contributed by atoms with E-state index in [1.165, 1.54) is 4.52 Å². The van der Waals surface area contributed by atoms with Crippen LogP contribution >= 0.6 is 0 Å². The highest BCUT2D eigenvalue weighted by Gasteiger charge is 2.20. The smallest absolute Gasteiger partial charge is 0.232 e. The molecule has 10 heteroatoms. The average molecular weight is 446 g/mol. The topological polar surface area (TPSA) is 121 Å². The van der Waals surface area contributed by atoms with Crippen LogP contribution in [0.1, 0.15) is 69.7 Å². The summed E-state index contributed by atoms with van der Waals surface area (Å²) in [7, 11) is -3.82. The summed E-state index contributed by atoms with van der Waals surface area (Å²) in [6, 6.07) is 7.62. The van der Waals surface area contributed by atoms with Gasteiger partial charge in [0.05, 0.1) is 29.0 Å². The molecule has 0 saturated heterocycles. The molecule has 0 bridgehead atoms. The number of hydrogen-bond donors (Lipinski definition) is 1. The zero-order valence-electron chi connectivity index (χ0n) is 18.0. The minimum absolute atomic E-state index is 0. The normalized spacial score (nSPS) is 11.6. The second-order valence-electron chi connectivity index (χ2n) is 7.83. The van der Waals surface area contributed by atoms with Gasteiger partial charge >= 0.3 is 0 Å². The Labute approximate surface area is 183 Å². The quantitative estimate of drug-likeness (QED) is 0.514. The van der Waals surface area contributed by atoms with E-state index in [9.17, 15) is 8.42 Å². The van der Waals surface area contributed by atoms with Crippen molar-refractivity contribution in [1.29, 1.82) is 0 Å². The maximum atomic E-state index is 11.5. The third-order valence-corrected chi connectivity index (χ3v) is 5.54. The number of imidazole rings is 2. The van der Waals surface area contributed by atoms with Crippen LogP contribution in [0.5, 0.6) is 0 Å². The predicted octanol–water partition coefficient (Wildman–Crippen LogP) is 3.61. The fourth-order valence-electron chi connectivity index (χ4n) is 3.00. The van der Waals surface area contributed by atoms with Crippen LogP contribution in [0, 0.1) is 13.8 Å². The molecule has 0 amide bonds. The van der Waals surface area contributed by atoms with Gasteiger partial charge in [-0.15, -0.1) is 0 Å². The SMILES string of the molecule is C.Cc1cn2nc(C(C)C)ccc2n1.Cc1nc2ccc(C(C)C)nn2c1S(N)(=O)=O. The van der Waals surface area contributed by atoms with E-state index >= 15 is 0 Å². The molecule has 0 spiro atoms. The van der Waals surface area contributed by atoms with Crippen LogP contribution in [0.2, 0.25) is 0 Å². The minimum atomic E-state index is -3.82. The summed E-state index contributed by atoms with van der Waals surface area (Å²) in [5, 5.41) is 13.8. The second-order valence-corrected chi connectivity index (χ2v) is 9.30. The molecule has 9 nitrogen and oxygen atoms in total. The van der Waals surface area contributed by atoms with Crippen LogP contribution in [0.25, 0.3) is 11.3 Å². The Kier molecular flexibility index (Phi) is 7.17. The average Bonchev–Trinajstić information content (AvgIpc) is 3.17. The molecule has 4 aromatic heterocycles. The molecule has 0 radical (unpaired) electrons. The van der Waals surface area contributed by atoms with E-state index in [2.05, 4.69) is 34.0 Å². The molecule has 0 aliphatic heterocycles. The summed E-state index contributed by atoms with van der Waals surface area (Å²) >= 11 is 0. The van der Waals surface area contributed by atoms with Crippen molar-refractivity contribution in [1.82, 2.24) is 29.2 Å². The van der Waals surface area contributed by atoms with Gasteiger partial charge in [0.2, 0.25) is 0 Å². The van der Waals surface area contributed by atoms with Gasteiger partial charge in [0.25, 0.3) is 10.0 Å². The zero-order chi connectivity index (χ0) is 22.2. The standard InChI is InChI=1S/C10H14N4O2S.C10H13N3.CH4/c1-6(2)8-4-5-9-12-7(3)10(14(9)13-8)17(11,15)16;1-7(2)9-4-5-10-11-8(3)6-13(10)12-9;/h4-6H,1-3H3,(H2,11,15,16);4-7H,1-3H3;1H4. The van der Waals surface area contributed by atoms with Crippen LogP contribution < -0.4 is 5.14 Å². The number of aromatic nitrogens is 6. The van der Waals surface area contributed by atoms with Crippen molar-refractivity contribution in [2.45, 2.75) is 65.8 Å². The maximum absolute atomic E-state index is 11.5. The molecule has 0 aliphatic rings. The van der Waals surface area contributed by atoms with Gasteiger partial charge in [-0.05, 0) is 49.9 Å². The van der Waals surface area contributed by atoms with Gasteiger partial charge in [0.15, 0.2) is 16.3 Å². The summed E-state index contributed by atoms with van der Waals surface area (Å²) < 4.78 is 26.1. The van der Waals surface area contributed by atoms with Crippen molar-refractivity contribution in [3.8, 4) is 0 Å². The highest BCUT2D eigenvalue weighted by atomic mass is 32.2. The number of nitrogens with two attached hydrogens (primary N) is 1. The van der Waals surface area contributed by atoms with E-state index in [1.807, 2.05) is 49.7 Å². The third-order valence-electron chi connectivity index (χ3n) is 4.53. The number of fused-ring (bicyclic) bond motifs is 2. The summed E-state index contributed by atoms with van der Waals surface area (Å²) in [6.07, 6.45) is 1.95. The molecule has 0 aliphatic carbocycles. The summed E-state index contributed by atoms with van der Waals surface area (Å²) in [5.74, 6) is 0.669. The maximum Gasteiger partial charge on any atom is 0.257 e. The molecule has 0 fully saturated rings. The third kappa shape index (κ3) is 5.26. The Bertz CT molecular complexity index is 1300. The molecule has 4 rings (SSSR count). The van der Waals surface area contributed by atoms with Crippen LogP contribution in [0.4, 0.5) is 0 Å². The number of nitrogens with zero attached hydrogens (tertiary/aromatic N) is 6. The first-order valence-electron chi connectivity index (χ1n) is 9.69. The van der Waals surface area contributed by atoms with Gasteiger partial charge in [0, 0.05) is 0 Å². The van der Waals surface area contributed by atoms with E-state index < -0.39 is 10.0 Å². The second kappa shape index (κ2) is 9.11. The molecular formula is C21H31N7O2S. The lowest BCUT2D eigenvalue weighted by Crippen LogP contribution is -2.17. The Morgan fingerprint density at radius 2 is 1.42 bits per heavy atom. The molecule has 2 N–H and O–H groups in total. The Hall–Kier alpha value is -2.85. The van der Waals surface area contributed by atoms with E-state index in [0.717, 1.165) is 22.7 Å². The van der Waals surface area contributed by atoms with Gasteiger partial charge < -0.3 is 0 Å². The van der Waals surface area contributed by atoms with E-state index in [4.69, 9.17) is 5.14 Å². The molecule has 0 saturated carbocycles. The Morgan fingerprint density at radius 1 is 0.871 bits per heavy atom. The Morgan fingerprint density at radius 3 is 1.97 bits per heavy atom.